The van der Waals surface area contributed by atoms with E-state index in [0.29, 0.717) is 14.7 Å². The Balaban J connectivity index is 7.07. The van der Waals surface area contributed by atoms with Gasteiger partial charge < -0.3 is 0 Å². The van der Waals surface area contributed by atoms with Crippen molar-refractivity contribution in [2.24, 2.45) is 17.8 Å². The van der Waals surface area contributed by atoms with E-state index in [0.717, 1.165) is 17.8 Å². The smallest absolute Gasteiger partial charge is 0.00909 e. The molecule has 0 nitrogen and oxygen atoms in total. The first-order chi connectivity index (χ1) is 14.5. The zero-order chi connectivity index (χ0) is 24.3. The van der Waals surface area contributed by atoms with E-state index < -0.39 is 0 Å². The molecule has 0 aromatic heterocycles. The van der Waals surface area contributed by atoms with Crippen LogP contribution in [0, 0.1) is 17.8 Å². The van der Waals surface area contributed by atoms with Crippen LogP contribution in [0.5, 0.6) is 0 Å². The predicted octanol–water partition coefficient (Wildman–Crippen LogP) is 10.9. The van der Waals surface area contributed by atoms with Gasteiger partial charge >= 0.3 is 0 Å². The molecule has 188 valence electrons. The van der Waals surface area contributed by atoms with Crippen LogP contribution in [0.3, 0.4) is 0 Å². The summed E-state index contributed by atoms with van der Waals surface area (Å²) in [5.74, 6) is 2.26. The largest absolute Gasteiger partial charge is 0.126 e. The zero-order valence-corrected chi connectivity index (χ0v) is 27.3. The molecule has 0 rings (SSSR count). The molecule has 0 bridgehead atoms. The normalized spacial score (nSPS) is 22.1. The summed E-state index contributed by atoms with van der Waals surface area (Å²) in [5, 5.41) is 0. The summed E-state index contributed by atoms with van der Waals surface area (Å²) in [7, 11) is 10.5. The van der Waals surface area contributed by atoms with Crippen LogP contribution in [0.15, 0.2) is 0 Å². The molecule has 0 aromatic carbocycles. The fourth-order valence-electron chi connectivity index (χ4n) is 6.15. The van der Waals surface area contributed by atoms with Crippen molar-refractivity contribution in [1.82, 2.24) is 0 Å². The summed E-state index contributed by atoms with van der Waals surface area (Å²) in [4.78, 5) is 1.04. The van der Waals surface area contributed by atoms with Crippen LogP contribution >= 0.6 is 35.6 Å². The first-order valence-electron chi connectivity index (χ1n) is 13.7. The van der Waals surface area contributed by atoms with Crippen molar-refractivity contribution in [3.05, 3.63) is 0 Å². The van der Waals surface area contributed by atoms with Crippen LogP contribution in [-0.4, -0.2) is 14.7 Å². The van der Waals surface area contributed by atoms with E-state index in [4.69, 9.17) is 0 Å². The summed E-state index contributed by atoms with van der Waals surface area (Å²) < 4.78 is 0. The lowest BCUT2D eigenvalue weighted by Crippen LogP contribution is -2.47. The molecular formula is C27H60P4. The van der Waals surface area contributed by atoms with Gasteiger partial charge in [0, 0.05) is 14.7 Å². The molecule has 4 heteroatoms. The van der Waals surface area contributed by atoms with Gasteiger partial charge in [-0.05, 0) is 56.3 Å². The summed E-state index contributed by atoms with van der Waals surface area (Å²) >= 11 is 0. The van der Waals surface area contributed by atoms with Crippen LogP contribution in [-0.2, 0) is 0 Å². The molecular weight excluding hydrogens is 448 g/mol. The second-order valence-electron chi connectivity index (χ2n) is 10.6. The molecule has 9 atom stereocenters. The fourth-order valence-corrected chi connectivity index (χ4v) is 18.6. The van der Waals surface area contributed by atoms with E-state index in [1.165, 1.54) is 77.0 Å². The third-order valence-corrected chi connectivity index (χ3v) is 17.3. The third-order valence-electron chi connectivity index (χ3n) is 7.93. The van der Waals surface area contributed by atoms with Gasteiger partial charge in [0.25, 0.3) is 0 Å². The van der Waals surface area contributed by atoms with Gasteiger partial charge in [-0.15, -0.1) is 27.7 Å². The summed E-state index contributed by atoms with van der Waals surface area (Å²) in [5.41, 5.74) is 0. The molecule has 0 saturated carbocycles. The minimum absolute atomic E-state index is 0.279. The molecule has 0 aromatic rings. The minimum atomic E-state index is -0.279. The van der Waals surface area contributed by atoms with Gasteiger partial charge in [0.15, 0.2) is 0 Å². The van der Waals surface area contributed by atoms with Crippen molar-refractivity contribution < 1.29 is 0 Å². The lowest BCUT2D eigenvalue weighted by Gasteiger charge is -2.62. The van der Waals surface area contributed by atoms with Gasteiger partial charge in [-0.3, -0.25) is 0 Å². The van der Waals surface area contributed by atoms with Crippen LogP contribution in [0.4, 0.5) is 0 Å². The first kappa shape index (κ1) is 32.7. The second-order valence-corrected chi connectivity index (χ2v) is 18.3. The average Bonchev–Trinajstić information content (AvgIpc) is 2.69. The highest BCUT2D eigenvalue weighted by atomic mass is 31.2. The third kappa shape index (κ3) is 8.13. The van der Waals surface area contributed by atoms with Crippen molar-refractivity contribution in [1.29, 1.82) is 0 Å². The zero-order valence-electron chi connectivity index (χ0n) is 22.9. The topological polar surface area (TPSA) is 0 Å². The highest BCUT2D eigenvalue weighted by molar-refractivity contribution is 7.78. The predicted molar refractivity (Wildman–Crippen MR) is 161 cm³/mol. The maximum absolute atomic E-state index is 3.58. The van der Waals surface area contributed by atoms with Gasteiger partial charge in [-0.1, -0.05) is 109 Å². The lowest BCUT2D eigenvalue weighted by atomic mass is 9.96. The molecule has 0 radical (unpaired) electrons. The monoisotopic (exact) mass is 508 g/mol. The number of rotatable bonds is 18. The average molecular weight is 509 g/mol. The van der Waals surface area contributed by atoms with E-state index in [1.54, 1.807) is 0 Å². The van der Waals surface area contributed by atoms with Gasteiger partial charge in [0.1, 0.15) is 0 Å². The molecule has 0 aliphatic heterocycles. The van der Waals surface area contributed by atoms with Gasteiger partial charge in [-0.2, -0.15) is 0 Å². The van der Waals surface area contributed by atoms with Crippen molar-refractivity contribution >= 4 is 35.6 Å². The molecule has 31 heavy (non-hydrogen) atoms. The molecule has 0 amide bonds. The van der Waals surface area contributed by atoms with E-state index in [1.807, 2.05) is 0 Å². The molecule has 0 saturated heterocycles. The number of hydrogen-bond acceptors (Lipinski definition) is 0. The Morgan fingerprint density at radius 3 is 0.871 bits per heavy atom. The molecule has 0 N–H and O–H groups in total. The Bertz CT molecular complexity index is 404. The Labute approximate surface area is 207 Å². The second kappa shape index (κ2) is 15.7. The Morgan fingerprint density at radius 2 is 0.710 bits per heavy atom. The van der Waals surface area contributed by atoms with Crippen LogP contribution in [0.25, 0.3) is 0 Å². The molecule has 0 heterocycles. The van der Waals surface area contributed by atoms with E-state index in [-0.39, 0.29) is 7.92 Å². The minimum Gasteiger partial charge on any atom is -0.126 e. The summed E-state index contributed by atoms with van der Waals surface area (Å²) in [6.07, 6.45) is 15.9. The standard InChI is InChI=1S/C27H60P4/c1-10-16-22(7)25(28,19-13-4)31(26(29,20-14-5)23(8)17-11-2)27(30,21-15-6)24(9)18-12-3/h22-24H,10-21,28-30H2,1-9H3. The summed E-state index contributed by atoms with van der Waals surface area (Å²) in [6.45, 7) is 22.2. The van der Waals surface area contributed by atoms with Crippen molar-refractivity contribution in [3.63, 3.8) is 0 Å². The molecule has 0 aliphatic carbocycles. The SMILES string of the molecule is CCCC(C)C(P)(CCC)P(C(P)(CCC)C(C)CCC)C(P)(CCC)C(C)CCC. The van der Waals surface area contributed by atoms with Crippen molar-refractivity contribution in [2.75, 3.05) is 0 Å². The van der Waals surface area contributed by atoms with E-state index >= 15 is 0 Å². The molecule has 0 fully saturated rings. The molecule has 0 aliphatic rings. The molecule has 0 spiro atoms. The van der Waals surface area contributed by atoms with Crippen LogP contribution in [0.1, 0.15) is 139 Å². The first-order valence-corrected chi connectivity index (χ1v) is 16.7. The van der Waals surface area contributed by atoms with E-state index in [9.17, 15) is 0 Å². The highest BCUT2D eigenvalue weighted by Crippen LogP contribution is 2.82. The van der Waals surface area contributed by atoms with Gasteiger partial charge in [0.2, 0.25) is 0 Å². The van der Waals surface area contributed by atoms with Gasteiger partial charge in [0.05, 0.1) is 0 Å². The summed E-state index contributed by atoms with van der Waals surface area (Å²) in [6, 6.07) is 0. The van der Waals surface area contributed by atoms with Crippen molar-refractivity contribution in [2.45, 2.75) is 154 Å². The van der Waals surface area contributed by atoms with Crippen molar-refractivity contribution in [3.8, 4) is 0 Å². The van der Waals surface area contributed by atoms with Crippen LogP contribution < -0.4 is 0 Å². The maximum atomic E-state index is 3.58. The fraction of sp³-hybridized carbons (Fsp3) is 1.00. The lowest BCUT2D eigenvalue weighted by molar-refractivity contribution is 0.381. The highest BCUT2D eigenvalue weighted by Gasteiger charge is 2.57. The molecule has 9 unspecified atom stereocenters. The number of hydrogen-bond donors (Lipinski definition) is 0. The quantitative estimate of drug-likeness (QED) is 0.162. The van der Waals surface area contributed by atoms with Gasteiger partial charge in [-0.25, -0.2) is 0 Å². The Morgan fingerprint density at radius 1 is 0.484 bits per heavy atom. The Kier molecular flexibility index (Phi) is 16.5. The van der Waals surface area contributed by atoms with Crippen LogP contribution in [0.2, 0.25) is 0 Å². The van der Waals surface area contributed by atoms with E-state index in [2.05, 4.69) is 90.0 Å². The maximum Gasteiger partial charge on any atom is 0.00909 e. The Hall–Kier alpha value is 1.72.